The molecular formula is C21H23NO6. The maximum atomic E-state index is 12.2. The maximum Gasteiger partial charge on any atom is 0.344 e. The Bertz CT molecular complexity index is 879. The summed E-state index contributed by atoms with van der Waals surface area (Å²) >= 11 is 0. The molecule has 0 saturated heterocycles. The van der Waals surface area contributed by atoms with E-state index in [1.165, 1.54) is 6.92 Å². The van der Waals surface area contributed by atoms with Crippen LogP contribution in [0.3, 0.4) is 0 Å². The first-order valence-corrected chi connectivity index (χ1v) is 8.98. The van der Waals surface area contributed by atoms with Gasteiger partial charge in [-0.05, 0) is 50.1 Å². The number of benzene rings is 2. The van der Waals surface area contributed by atoms with Gasteiger partial charge in [0.05, 0.1) is 0 Å². The average Bonchev–Trinajstić information content (AvgIpc) is 3.13. The Hall–Kier alpha value is -3.22. The summed E-state index contributed by atoms with van der Waals surface area (Å²) in [4.78, 5) is 24.1. The smallest absolute Gasteiger partial charge is 0.344 e. The van der Waals surface area contributed by atoms with Gasteiger partial charge in [-0.25, -0.2) is 4.79 Å². The zero-order chi connectivity index (χ0) is 20.1. The van der Waals surface area contributed by atoms with E-state index in [0.717, 1.165) is 16.7 Å². The van der Waals surface area contributed by atoms with E-state index < -0.39 is 18.0 Å². The third-order valence-corrected chi connectivity index (χ3v) is 4.26. The Morgan fingerprint density at radius 3 is 2.68 bits per heavy atom. The molecular weight excluding hydrogens is 362 g/mol. The summed E-state index contributed by atoms with van der Waals surface area (Å²) in [5.74, 6) is 0.946. The highest BCUT2D eigenvalue weighted by Gasteiger charge is 2.19. The molecule has 1 amide bonds. The molecule has 28 heavy (non-hydrogen) atoms. The van der Waals surface area contributed by atoms with Crippen LogP contribution in [-0.2, 0) is 20.9 Å². The number of hydrogen-bond acceptors (Lipinski definition) is 6. The van der Waals surface area contributed by atoms with Crippen LogP contribution >= 0.6 is 0 Å². The molecule has 1 atom stereocenters. The van der Waals surface area contributed by atoms with Crippen molar-refractivity contribution in [1.82, 2.24) is 5.32 Å². The Morgan fingerprint density at radius 1 is 1.11 bits per heavy atom. The minimum atomic E-state index is -0.927. The fraction of sp³-hybridized carbons (Fsp3) is 0.333. The van der Waals surface area contributed by atoms with Crippen molar-refractivity contribution in [3.8, 4) is 17.2 Å². The van der Waals surface area contributed by atoms with Crippen molar-refractivity contribution in [2.45, 2.75) is 33.4 Å². The van der Waals surface area contributed by atoms with E-state index in [1.807, 2.05) is 32.0 Å². The van der Waals surface area contributed by atoms with Crippen LogP contribution < -0.4 is 19.5 Å². The third kappa shape index (κ3) is 4.94. The molecule has 1 aliphatic heterocycles. The van der Waals surface area contributed by atoms with Crippen LogP contribution in [0.25, 0.3) is 0 Å². The normalized spacial score (nSPS) is 13.0. The van der Waals surface area contributed by atoms with Crippen molar-refractivity contribution in [1.29, 1.82) is 0 Å². The first kappa shape index (κ1) is 19.5. The van der Waals surface area contributed by atoms with Crippen LogP contribution in [0.15, 0.2) is 36.4 Å². The van der Waals surface area contributed by atoms with E-state index in [4.69, 9.17) is 18.9 Å². The predicted octanol–water partition coefficient (Wildman–Crippen LogP) is 2.66. The summed E-state index contributed by atoms with van der Waals surface area (Å²) < 4.78 is 21.2. The monoisotopic (exact) mass is 385 g/mol. The summed E-state index contributed by atoms with van der Waals surface area (Å²) in [6, 6.07) is 11.1. The van der Waals surface area contributed by atoms with Crippen molar-refractivity contribution < 1.29 is 28.5 Å². The van der Waals surface area contributed by atoms with Gasteiger partial charge in [0.25, 0.3) is 5.91 Å². The number of ether oxygens (including phenoxy) is 4. The van der Waals surface area contributed by atoms with Crippen LogP contribution in [0.2, 0.25) is 0 Å². The fourth-order valence-electron chi connectivity index (χ4n) is 2.77. The van der Waals surface area contributed by atoms with E-state index in [0.29, 0.717) is 17.2 Å². The van der Waals surface area contributed by atoms with Crippen LogP contribution in [0.4, 0.5) is 0 Å². The van der Waals surface area contributed by atoms with Gasteiger partial charge in [0, 0.05) is 6.54 Å². The summed E-state index contributed by atoms with van der Waals surface area (Å²) in [5, 5.41) is 2.73. The molecule has 7 heteroatoms. The summed E-state index contributed by atoms with van der Waals surface area (Å²) in [5.41, 5.74) is 2.90. The zero-order valence-corrected chi connectivity index (χ0v) is 16.1. The molecule has 0 aliphatic carbocycles. The highest BCUT2D eigenvalue weighted by molar-refractivity contribution is 5.83. The third-order valence-electron chi connectivity index (χ3n) is 4.26. The first-order valence-electron chi connectivity index (χ1n) is 8.98. The predicted molar refractivity (Wildman–Crippen MR) is 101 cm³/mol. The number of amides is 1. The minimum Gasteiger partial charge on any atom is -0.482 e. The van der Waals surface area contributed by atoms with Crippen molar-refractivity contribution in [2.75, 3.05) is 13.4 Å². The molecule has 2 aromatic carbocycles. The lowest BCUT2D eigenvalue weighted by Crippen LogP contribution is -2.36. The minimum absolute atomic E-state index is 0.197. The van der Waals surface area contributed by atoms with Gasteiger partial charge in [-0.3, -0.25) is 4.79 Å². The fourth-order valence-corrected chi connectivity index (χ4v) is 2.77. The highest BCUT2D eigenvalue weighted by Crippen LogP contribution is 2.32. The molecule has 7 nitrogen and oxygen atoms in total. The maximum absolute atomic E-state index is 12.2. The summed E-state index contributed by atoms with van der Waals surface area (Å²) in [6.07, 6.45) is -0.927. The Kier molecular flexibility index (Phi) is 6.03. The molecule has 3 rings (SSSR count). The first-order chi connectivity index (χ1) is 13.4. The lowest BCUT2D eigenvalue weighted by molar-refractivity contribution is -0.156. The molecule has 0 radical (unpaired) electrons. The number of nitrogens with one attached hydrogen (secondary N) is 1. The molecule has 1 heterocycles. The number of esters is 1. The SMILES string of the molecule is Cc1ccc(OCC(=O)O[C@H](C)C(=O)NCc2ccc3c(c2)OCO3)c(C)c1. The van der Waals surface area contributed by atoms with Crippen LogP contribution in [0.1, 0.15) is 23.6 Å². The van der Waals surface area contributed by atoms with E-state index in [1.54, 1.807) is 18.2 Å². The second kappa shape index (κ2) is 8.65. The summed E-state index contributed by atoms with van der Waals surface area (Å²) in [7, 11) is 0. The number of aryl methyl sites for hydroxylation is 2. The van der Waals surface area contributed by atoms with Gasteiger partial charge in [-0.2, -0.15) is 0 Å². The zero-order valence-electron chi connectivity index (χ0n) is 16.1. The Morgan fingerprint density at radius 2 is 1.89 bits per heavy atom. The summed E-state index contributed by atoms with van der Waals surface area (Å²) in [6.45, 7) is 5.63. The van der Waals surface area contributed by atoms with Crippen LogP contribution in [-0.4, -0.2) is 31.4 Å². The number of carbonyl (C=O) groups excluding carboxylic acids is 2. The van der Waals surface area contributed by atoms with E-state index >= 15 is 0 Å². The van der Waals surface area contributed by atoms with E-state index in [9.17, 15) is 9.59 Å². The molecule has 2 aromatic rings. The van der Waals surface area contributed by atoms with Crippen molar-refractivity contribution >= 4 is 11.9 Å². The van der Waals surface area contributed by atoms with E-state index in [-0.39, 0.29) is 19.9 Å². The van der Waals surface area contributed by atoms with Crippen molar-refractivity contribution in [3.05, 3.63) is 53.1 Å². The molecule has 0 aromatic heterocycles. The second-order valence-electron chi connectivity index (χ2n) is 6.60. The molecule has 0 fully saturated rings. The topological polar surface area (TPSA) is 83.1 Å². The van der Waals surface area contributed by atoms with E-state index in [2.05, 4.69) is 5.32 Å². The van der Waals surface area contributed by atoms with Gasteiger partial charge in [0.2, 0.25) is 6.79 Å². The van der Waals surface area contributed by atoms with Gasteiger partial charge in [0.15, 0.2) is 24.2 Å². The molecule has 0 spiro atoms. The quantitative estimate of drug-likeness (QED) is 0.738. The van der Waals surface area contributed by atoms with Gasteiger partial charge in [0.1, 0.15) is 5.75 Å². The van der Waals surface area contributed by atoms with Gasteiger partial charge >= 0.3 is 5.97 Å². The standard InChI is InChI=1S/C21H23NO6/c1-13-4-6-17(14(2)8-13)25-11-20(23)28-15(3)21(24)22-10-16-5-7-18-19(9-16)27-12-26-18/h4-9,15H,10-12H2,1-3H3,(H,22,24)/t15-/m1/s1. The lowest BCUT2D eigenvalue weighted by atomic mass is 10.1. The molecule has 1 aliphatic rings. The lowest BCUT2D eigenvalue weighted by Gasteiger charge is -2.14. The average molecular weight is 385 g/mol. The van der Waals surface area contributed by atoms with Crippen LogP contribution in [0, 0.1) is 13.8 Å². The van der Waals surface area contributed by atoms with Gasteiger partial charge < -0.3 is 24.3 Å². The van der Waals surface area contributed by atoms with Gasteiger partial charge in [-0.15, -0.1) is 0 Å². The number of hydrogen-bond donors (Lipinski definition) is 1. The largest absolute Gasteiger partial charge is 0.482 e. The van der Waals surface area contributed by atoms with Crippen molar-refractivity contribution in [3.63, 3.8) is 0 Å². The number of carbonyl (C=O) groups is 2. The number of rotatable bonds is 7. The molecule has 0 unspecified atom stereocenters. The van der Waals surface area contributed by atoms with Gasteiger partial charge in [-0.1, -0.05) is 23.8 Å². The van der Waals surface area contributed by atoms with Crippen LogP contribution in [0.5, 0.6) is 17.2 Å². The molecule has 0 bridgehead atoms. The molecule has 148 valence electrons. The Labute approximate surface area is 163 Å². The van der Waals surface area contributed by atoms with Crippen molar-refractivity contribution in [2.24, 2.45) is 0 Å². The number of fused-ring (bicyclic) bond motifs is 1. The second-order valence-corrected chi connectivity index (χ2v) is 6.60. The highest BCUT2D eigenvalue weighted by atomic mass is 16.7. The Balaban J connectivity index is 1.43. The molecule has 1 N–H and O–H groups in total. The molecule has 0 saturated carbocycles.